The second-order valence-electron chi connectivity index (χ2n) is 9.37. The molecule has 0 fully saturated rings. The van der Waals surface area contributed by atoms with E-state index >= 15 is 0 Å². The average Bonchev–Trinajstić information content (AvgIpc) is 2.91. The first-order valence-corrected chi connectivity index (χ1v) is 12.6. The Hall–Kier alpha value is -4.45. The third-order valence-corrected chi connectivity index (χ3v) is 6.10. The number of carbonyl (C=O) groups is 3. The van der Waals surface area contributed by atoms with Crippen molar-refractivity contribution in [1.82, 2.24) is 9.88 Å². The molecule has 9 nitrogen and oxygen atoms in total. The van der Waals surface area contributed by atoms with Crippen molar-refractivity contribution in [1.29, 1.82) is 0 Å². The van der Waals surface area contributed by atoms with Gasteiger partial charge in [0.05, 0.1) is 17.9 Å². The predicted molar refractivity (Wildman–Crippen MR) is 144 cm³/mol. The number of aromatic carboxylic acids is 1. The molecule has 1 N–H and O–H groups in total. The van der Waals surface area contributed by atoms with E-state index in [4.69, 9.17) is 9.47 Å². The van der Waals surface area contributed by atoms with Gasteiger partial charge in [-0.1, -0.05) is 17.7 Å². The molecule has 1 aromatic heterocycles. The molecule has 0 atom stereocenters. The number of pyridine rings is 1. The van der Waals surface area contributed by atoms with Gasteiger partial charge in [-0.25, -0.2) is 9.78 Å². The van der Waals surface area contributed by atoms with Crippen LogP contribution in [0, 0.1) is 6.92 Å². The van der Waals surface area contributed by atoms with Crippen LogP contribution in [0.5, 0.6) is 11.6 Å². The van der Waals surface area contributed by atoms with Crippen LogP contribution in [-0.4, -0.2) is 65.6 Å². The molecule has 0 bridgehead atoms. The number of carbonyl (C=O) groups excluding carboxylic acids is 2. The molecule has 2 aromatic carbocycles. The van der Waals surface area contributed by atoms with E-state index in [0.29, 0.717) is 0 Å². The molecule has 0 saturated heterocycles. The van der Waals surface area contributed by atoms with Crippen LogP contribution in [0.4, 0.5) is 18.9 Å². The fourth-order valence-electron chi connectivity index (χ4n) is 3.99. The minimum absolute atomic E-state index is 0.142. The Balaban J connectivity index is 2.07. The Bertz CT molecular complexity index is 1390. The number of ether oxygens (including phenoxy) is 2. The molecule has 0 spiro atoms. The van der Waals surface area contributed by atoms with Crippen molar-refractivity contribution in [3.63, 3.8) is 0 Å². The largest absolute Gasteiger partial charge is 0.478 e. The first-order chi connectivity index (χ1) is 19.3. The summed E-state index contributed by atoms with van der Waals surface area (Å²) in [5, 5.41) is 10.0. The standard InChI is InChI=1S/C29H30F3N3O6/c1-18(2)34(14-15-40-4)25(36)17-35(27(37)20-9-7-19(3)8-10-20)24-12-11-21(16-22(24)28(38)39)41-26-23(29(30,31)32)6-5-13-33-26/h5-13,16,18H,14-15,17H2,1-4H3,(H,38,39). The molecule has 0 aliphatic carbocycles. The van der Waals surface area contributed by atoms with Crippen molar-refractivity contribution in [3.05, 3.63) is 83.0 Å². The minimum Gasteiger partial charge on any atom is -0.478 e. The van der Waals surface area contributed by atoms with Gasteiger partial charge in [-0.15, -0.1) is 0 Å². The number of hydrogen-bond donors (Lipinski definition) is 1. The van der Waals surface area contributed by atoms with Crippen LogP contribution in [0.25, 0.3) is 0 Å². The van der Waals surface area contributed by atoms with Crippen LogP contribution < -0.4 is 9.64 Å². The molecule has 1 heterocycles. The predicted octanol–water partition coefficient (Wildman–Crippen LogP) is 5.43. The summed E-state index contributed by atoms with van der Waals surface area (Å²) in [7, 11) is 1.49. The molecular formula is C29H30F3N3O6. The van der Waals surface area contributed by atoms with E-state index in [9.17, 15) is 32.7 Å². The lowest BCUT2D eigenvalue weighted by Crippen LogP contribution is -2.47. The summed E-state index contributed by atoms with van der Waals surface area (Å²) in [5.41, 5.74) is -0.663. The highest BCUT2D eigenvalue weighted by Crippen LogP contribution is 2.37. The van der Waals surface area contributed by atoms with Gasteiger partial charge in [-0.3, -0.25) is 14.5 Å². The van der Waals surface area contributed by atoms with Gasteiger partial charge in [0.1, 0.15) is 17.9 Å². The maximum Gasteiger partial charge on any atom is 0.421 e. The second-order valence-corrected chi connectivity index (χ2v) is 9.37. The highest BCUT2D eigenvalue weighted by atomic mass is 19.4. The zero-order valence-corrected chi connectivity index (χ0v) is 22.9. The van der Waals surface area contributed by atoms with Crippen molar-refractivity contribution in [2.45, 2.75) is 33.0 Å². The van der Waals surface area contributed by atoms with E-state index < -0.39 is 47.5 Å². The number of aromatic nitrogens is 1. The second kappa shape index (κ2) is 13.3. The Kier molecular flexibility index (Phi) is 10.1. The van der Waals surface area contributed by atoms with Crippen LogP contribution in [-0.2, 0) is 15.7 Å². The Morgan fingerprint density at radius 1 is 1.05 bits per heavy atom. The van der Waals surface area contributed by atoms with Crippen molar-refractivity contribution in [2.24, 2.45) is 0 Å². The van der Waals surface area contributed by atoms with Gasteiger partial charge in [0, 0.05) is 31.5 Å². The van der Waals surface area contributed by atoms with Crippen LogP contribution >= 0.6 is 0 Å². The van der Waals surface area contributed by atoms with E-state index in [1.165, 1.54) is 24.1 Å². The average molecular weight is 574 g/mol. The molecular weight excluding hydrogens is 543 g/mol. The number of nitrogens with zero attached hydrogens (tertiary/aromatic N) is 3. The van der Waals surface area contributed by atoms with Crippen LogP contribution in [0.1, 0.15) is 45.7 Å². The maximum atomic E-state index is 13.7. The number of rotatable bonds is 11. The highest BCUT2D eigenvalue weighted by molar-refractivity contribution is 6.11. The zero-order valence-electron chi connectivity index (χ0n) is 22.9. The molecule has 0 saturated carbocycles. The normalized spacial score (nSPS) is 11.3. The van der Waals surface area contributed by atoms with E-state index in [1.807, 2.05) is 6.92 Å². The number of hydrogen-bond acceptors (Lipinski definition) is 6. The van der Waals surface area contributed by atoms with Crippen molar-refractivity contribution in [2.75, 3.05) is 31.7 Å². The third-order valence-electron chi connectivity index (χ3n) is 6.10. The third kappa shape index (κ3) is 7.82. The molecule has 3 rings (SSSR count). The molecule has 0 radical (unpaired) electrons. The lowest BCUT2D eigenvalue weighted by Gasteiger charge is -2.31. The number of amides is 2. The van der Waals surface area contributed by atoms with Gasteiger partial charge in [0.25, 0.3) is 5.91 Å². The number of methoxy groups -OCH3 is 1. The number of benzene rings is 2. The van der Waals surface area contributed by atoms with Gasteiger partial charge in [0.2, 0.25) is 11.8 Å². The van der Waals surface area contributed by atoms with Crippen molar-refractivity contribution < 1.29 is 42.1 Å². The summed E-state index contributed by atoms with van der Waals surface area (Å²) >= 11 is 0. The summed E-state index contributed by atoms with van der Waals surface area (Å²) in [4.78, 5) is 45.5. The molecule has 0 aliphatic rings. The molecule has 2 amide bonds. The summed E-state index contributed by atoms with van der Waals surface area (Å²) in [6.45, 7) is 5.40. The van der Waals surface area contributed by atoms with Gasteiger partial charge in [0.15, 0.2) is 0 Å². The molecule has 12 heteroatoms. The number of carboxylic acid groups (broad SMARTS) is 1. The minimum atomic E-state index is -4.76. The van der Waals surface area contributed by atoms with Gasteiger partial charge >= 0.3 is 12.1 Å². The highest BCUT2D eigenvalue weighted by Gasteiger charge is 2.35. The fourth-order valence-corrected chi connectivity index (χ4v) is 3.99. The first kappa shape index (κ1) is 31.1. The van der Waals surface area contributed by atoms with Crippen molar-refractivity contribution >= 4 is 23.5 Å². The van der Waals surface area contributed by atoms with Crippen LogP contribution in [0.15, 0.2) is 60.8 Å². The fraction of sp³-hybridized carbons (Fsp3) is 0.310. The van der Waals surface area contributed by atoms with E-state index in [2.05, 4.69) is 4.98 Å². The number of halogens is 3. The van der Waals surface area contributed by atoms with Crippen LogP contribution in [0.2, 0.25) is 0 Å². The molecule has 218 valence electrons. The number of carboxylic acids is 1. The van der Waals surface area contributed by atoms with Gasteiger partial charge < -0.3 is 19.5 Å². The number of alkyl halides is 3. The monoisotopic (exact) mass is 573 g/mol. The molecule has 0 aliphatic heterocycles. The summed E-state index contributed by atoms with van der Waals surface area (Å²) in [6, 6.07) is 11.5. The topological polar surface area (TPSA) is 109 Å². The van der Waals surface area contributed by atoms with Gasteiger partial charge in [-0.2, -0.15) is 13.2 Å². The summed E-state index contributed by atoms with van der Waals surface area (Å²) in [6.07, 6.45) is -3.66. The SMILES string of the molecule is COCCN(C(=O)CN(C(=O)c1ccc(C)cc1)c1ccc(Oc2ncccc2C(F)(F)F)cc1C(=O)O)C(C)C. The van der Waals surface area contributed by atoms with E-state index in [0.717, 1.165) is 34.9 Å². The van der Waals surface area contributed by atoms with E-state index in [-0.39, 0.29) is 36.2 Å². The van der Waals surface area contributed by atoms with Gasteiger partial charge in [-0.05, 0) is 63.2 Å². The first-order valence-electron chi connectivity index (χ1n) is 12.6. The smallest absolute Gasteiger partial charge is 0.421 e. The quantitative estimate of drug-likeness (QED) is 0.326. The molecule has 41 heavy (non-hydrogen) atoms. The number of aryl methyl sites for hydroxylation is 1. The summed E-state index contributed by atoms with van der Waals surface area (Å²) < 4.78 is 50.7. The lowest BCUT2D eigenvalue weighted by molar-refractivity contribution is -0.139. The van der Waals surface area contributed by atoms with Crippen LogP contribution in [0.3, 0.4) is 0 Å². The van der Waals surface area contributed by atoms with Crippen molar-refractivity contribution in [3.8, 4) is 11.6 Å². The number of anilines is 1. The lowest BCUT2D eigenvalue weighted by atomic mass is 10.1. The van der Waals surface area contributed by atoms with E-state index in [1.54, 1.807) is 38.1 Å². The Morgan fingerprint density at radius 2 is 1.73 bits per heavy atom. The maximum absolute atomic E-state index is 13.7. The Morgan fingerprint density at radius 3 is 2.32 bits per heavy atom. The zero-order chi connectivity index (χ0) is 30.3. The summed E-state index contributed by atoms with van der Waals surface area (Å²) in [5.74, 6) is -3.62. The molecule has 0 unspecified atom stereocenters. The Labute approximate surface area is 235 Å². The molecule has 3 aromatic rings.